The SMILES string of the molecule is O=C1c2ccc(C(F)(F)F)nc2CN1Cc1cccc(S(=O)(=O)c2cccc(C(F)(F)F)c2)c1.O=C1c2ccc(C(F)(F)F)nc2CN1Cc1ccccc1S(=O)(=O)c1cccc(C(F)(F)F)c1. The molecule has 4 aromatic carbocycles. The summed E-state index contributed by atoms with van der Waals surface area (Å²) in [6, 6.07) is 20.7. The monoisotopic (exact) mass is 1000 g/mol. The van der Waals surface area contributed by atoms with Crippen molar-refractivity contribution in [1.82, 2.24) is 19.8 Å². The van der Waals surface area contributed by atoms with Gasteiger partial charge < -0.3 is 9.80 Å². The molecule has 24 heteroatoms. The van der Waals surface area contributed by atoms with Crippen molar-refractivity contribution in [1.29, 1.82) is 0 Å². The molecule has 0 atom stereocenters. The molecule has 0 saturated heterocycles. The Morgan fingerprint density at radius 1 is 0.456 bits per heavy atom. The van der Waals surface area contributed by atoms with E-state index in [-0.39, 0.29) is 64.0 Å². The van der Waals surface area contributed by atoms with Gasteiger partial charge in [0.25, 0.3) is 11.8 Å². The van der Waals surface area contributed by atoms with Crippen LogP contribution < -0.4 is 0 Å². The number of carbonyl (C=O) groups excluding carboxylic acids is 2. The minimum Gasteiger partial charge on any atom is -0.328 e. The van der Waals surface area contributed by atoms with Gasteiger partial charge in [-0.3, -0.25) is 9.59 Å². The Balaban J connectivity index is 0.000000201. The highest BCUT2D eigenvalue weighted by atomic mass is 32.2. The number of fused-ring (bicyclic) bond motifs is 2. The number of halogens is 12. The number of nitrogens with zero attached hydrogens (tertiary/aromatic N) is 4. The van der Waals surface area contributed by atoms with Gasteiger partial charge in [0.15, 0.2) is 0 Å². The lowest BCUT2D eigenvalue weighted by molar-refractivity contribution is -0.142. The highest BCUT2D eigenvalue weighted by molar-refractivity contribution is 7.91. The van der Waals surface area contributed by atoms with E-state index in [1.165, 1.54) is 53.4 Å². The summed E-state index contributed by atoms with van der Waals surface area (Å²) in [7, 11) is -8.72. The van der Waals surface area contributed by atoms with Gasteiger partial charge in [0, 0.05) is 13.1 Å². The Labute approximate surface area is 377 Å². The molecule has 2 amide bonds. The molecule has 0 radical (unpaired) electrons. The average molecular weight is 1000 g/mol. The lowest BCUT2D eigenvalue weighted by Gasteiger charge is -2.18. The molecule has 0 N–H and O–H groups in total. The van der Waals surface area contributed by atoms with Crippen LogP contribution >= 0.6 is 0 Å². The van der Waals surface area contributed by atoms with Crippen LogP contribution in [0.1, 0.15) is 65.7 Å². The molecular weight excluding hydrogens is 973 g/mol. The first kappa shape index (κ1) is 49.1. The lowest BCUT2D eigenvalue weighted by atomic mass is 10.2. The van der Waals surface area contributed by atoms with Crippen molar-refractivity contribution in [3.8, 4) is 0 Å². The summed E-state index contributed by atoms with van der Waals surface area (Å²) in [5.74, 6) is -1.20. The van der Waals surface area contributed by atoms with E-state index in [0.717, 1.165) is 53.4 Å². The summed E-state index contributed by atoms with van der Waals surface area (Å²) in [5.41, 5.74) is -4.29. The molecule has 0 bridgehead atoms. The maximum absolute atomic E-state index is 13.2. The van der Waals surface area contributed by atoms with Crippen LogP contribution in [0, 0.1) is 0 Å². The smallest absolute Gasteiger partial charge is 0.328 e. The summed E-state index contributed by atoms with van der Waals surface area (Å²) in [6.45, 7) is -0.924. The van der Waals surface area contributed by atoms with Gasteiger partial charge in [-0.25, -0.2) is 26.8 Å². The van der Waals surface area contributed by atoms with Crippen molar-refractivity contribution in [2.24, 2.45) is 0 Å². The number of carbonyl (C=O) groups is 2. The molecule has 0 aliphatic carbocycles. The molecule has 8 rings (SSSR count). The molecule has 68 heavy (non-hydrogen) atoms. The number of hydrogen-bond donors (Lipinski definition) is 0. The number of alkyl halides is 12. The second-order valence-corrected chi connectivity index (χ2v) is 18.9. The minimum absolute atomic E-state index is 0.0146. The van der Waals surface area contributed by atoms with Gasteiger partial charge in [-0.1, -0.05) is 42.5 Å². The predicted molar refractivity (Wildman–Crippen MR) is 212 cm³/mol. The van der Waals surface area contributed by atoms with Gasteiger partial charge in [0.05, 0.1) is 66.3 Å². The summed E-state index contributed by atoms with van der Waals surface area (Å²) in [5, 5.41) is 0. The van der Waals surface area contributed by atoms with Crippen molar-refractivity contribution < 1.29 is 79.1 Å². The van der Waals surface area contributed by atoms with Crippen molar-refractivity contribution >= 4 is 31.5 Å². The van der Waals surface area contributed by atoms with Gasteiger partial charge in [-0.15, -0.1) is 0 Å². The van der Waals surface area contributed by atoms with E-state index in [2.05, 4.69) is 9.97 Å². The number of amides is 2. The fourth-order valence-electron chi connectivity index (χ4n) is 7.13. The summed E-state index contributed by atoms with van der Waals surface area (Å²) < 4.78 is 208. The number of rotatable bonds is 8. The van der Waals surface area contributed by atoms with E-state index in [4.69, 9.17) is 0 Å². The van der Waals surface area contributed by atoms with Crippen molar-refractivity contribution in [3.05, 3.63) is 177 Å². The number of aromatic nitrogens is 2. The Morgan fingerprint density at radius 3 is 1.35 bits per heavy atom. The van der Waals surface area contributed by atoms with Gasteiger partial charge in [0.2, 0.25) is 19.7 Å². The van der Waals surface area contributed by atoms with Gasteiger partial charge >= 0.3 is 24.7 Å². The maximum Gasteiger partial charge on any atom is 0.433 e. The average Bonchev–Trinajstić information content (AvgIpc) is 3.75. The van der Waals surface area contributed by atoms with Crippen LogP contribution in [0.5, 0.6) is 0 Å². The molecule has 2 aromatic heterocycles. The third kappa shape index (κ3) is 10.2. The van der Waals surface area contributed by atoms with E-state index >= 15 is 0 Å². The third-order valence-electron chi connectivity index (χ3n) is 10.4. The molecule has 0 fully saturated rings. The van der Waals surface area contributed by atoms with Gasteiger partial charge in [-0.05, 0) is 90.0 Å². The molecule has 0 saturated carbocycles. The first-order chi connectivity index (χ1) is 31.5. The fraction of sp³-hybridized carbons (Fsp3) is 0.182. The predicted octanol–water partition coefficient (Wildman–Crippen LogP) is 10.2. The van der Waals surface area contributed by atoms with E-state index in [1.807, 2.05) is 0 Å². The molecule has 2 aliphatic rings. The zero-order chi connectivity index (χ0) is 49.8. The zero-order valence-corrected chi connectivity index (χ0v) is 35.6. The van der Waals surface area contributed by atoms with Gasteiger partial charge in [0.1, 0.15) is 11.4 Å². The van der Waals surface area contributed by atoms with Crippen LogP contribution in [-0.4, -0.2) is 48.4 Å². The highest BCUT2D eigenvalue weighted by Crippen LogP contribution is 2.37. The van der Waals surface area contributed by atoms with E-state index in [9.17, 15) is 79.1 Å². The maximum atomic E-state index is 13.2. The van der Waals surface area contributed by atoms with Crippen molar-refractivity contribution in [2.75, 3.05) is 0 Å². The fourth-order valence-corrected chi connectivity index (χ4v) is 10.0. The Bertz CT molecular complexity index is 3190. The van der Waals surface area contributed by atoms with Crippen molar-refractivity contribution in [3.63, 3.8) is 0 Å². The molecule has 6 aromatic rings. The van der Waals surface area contributed by atoms with Crippen LogP contribution in [-0.2, 0) is 70.6 Å². The number of hydrogen-bond acceptors (Lipinski definition) is 8. The zero-order valence-electron chi connectivity index (χ0n) is 34.0. The van der Waals surface area contributed by atoms with Crippen LogP contribution in [0.3, 0.4) is 0 Å². The Hall–Kier alpha value is -6.82. The highest BCUT2D eigenvalue weighted by Gasteiger charge is 2.39. The van der Waals surface area contributed by atoms with Gasteiger partial charge in [-0.2, -0.15) is 52.7 Å². The van der Waals surface area contributed by atoms with Crippen LogP contribution in [0.2, 0.25) is 0 Å². The Kier molecular flexibility index (Phi) is 12.8. The van der Waals surface area contributed by atoms with Crippen LogP contribution in [0.15, 0.2) is 141 Å². The normalized spacial score (nSPS) is 14.4. The molecular formula is C44H28F12N4O6S2. The first-order valence-electron chi connectivity index (χ1n) is 19.3. The Morgan fingerprint density at radius 2 is 0.882 bits per heavy atom. The number of pyridine rings is 2. The quantitative estimate of drug-likeness (QED) is 0.138. The summed E-state index contributed by atoms with van der Waals surface area (Å²) >= 11 is 0. The van der Waals surface area contributed by atoms with Crippen LogP contribution in [0.25, 0.3) is 0 Å². The molecule has 0 unspecified atom stereocenters. The molecule has 356 valence electrons. The summed E-state index contributed by atoms with van der Waals surface area (Å²) in [4.78, 5) is 32.9. The standard InChI is InChI=1S/2C22H14F6N2O3S/c23-21(24,25)14-4-2-6-16(10-14)34(32,33)15-5-1-3-13(9-15)11-30-12-18-17(20(30)31)7-8-19(29-18)22(26,27)28;23-21(24,25)14-5-3-6-15(10-14)34(32,33)18-7-2-1-4-13(18)11-30-12-17-16(20(30)31)8-9-19(29-17)22(26,27)28/h2*1-10H,11-12H2. The minimum atomic E-state index is -4.75. The largest absolute Gasteiger partial charge is 0.433 e. The molecule has 2 aliphatic heterocycles. The van der Waals surface area contributed by atoms with E-state index < -0.39 is 88.5 Å². The van der Waals surface area contributed by atoms with Crippen molar-refractivity contribution in [2.45, 2.75) is 70.5 Å². The number of benzene rings is 4. The lowest BCUT2D eigenvalue weighted by Crippen LogP contribution is -2.24. The van der Waals surface area contributed by atoms with E-state index in [1.54, 1.807) is 0 Å². The molecule has 0 spiro atoms. The van der Waals surface area contributed by atoms with Crippen LogP contribution in [0.4, 0.5) is 52.7 Å². The topological polar surface area (TPSA) is 135 Å². The third-order valence-corrected chi connectivity index (χ3v) is 14.0. The summed E-state index contributed by atoms with van der Waals surface area (Å²) in [6.07, 6.45) is -18.8. The second-order valence-electron chi connectivity index (χ2n) is 15.0. The first-order valence-corrected chi connectivity index (χ1v) is 22.3. The van der Waals surface area contributed by atoms with E-state index in [0.29, 0.717) is 29.8 Å². The molecule has 10 nitrogen and oxygen atoms in total. The molecule has 4 heterocycles. The number of sulfone groups is 2. The second kappa shape index (κ2) is 17.7.